The van der Waals surface area contributed by atoms with Crippen molar-refractivity contribution in [3.63, 3.8) is 0 Å². The molecule has 26 heavy (non-hydrogen) atoms. The number of methoxy groups -OCH3 is 2. The van der Waals surface area contributed by atoms with Crippen LogP contribution in [0.5, 0.6) is 11.5 Å². The molecule has 0 aliphatic rings. The minimum atomic E-state index is -4.49. The Hall–Kier alpha value is -2.88. The number of benzene rings is 2. The van der Waals surface area contributed by atoms with Crippen LogP contribution in [0.15, 0.2) is 41.3 Å². The van der Waals surface area contributed by atoms with E-state index in [1.165, 1.54) is 20.3 Å². The van der Waals surface area contributed by atoms with E-state index in [9.17, 15) is 22.0 Å². The van der Waals surface area contributed by atoms with E-state index >= 15 is 0 Å². The molecule has 0 aromatic heterocycles. The van der Waals surface area contributed by atoms with Crippen molar-refractivity contribution < 1.29 is 36.6 Å². The van der Waals surface area contributed by atoms with E-state index < -0.39 is 39.9 Å². The lowest BCUT2D eigenvalue weighted by molar-refractivity contribution is -0.135. The summed E-state index contributed by atoms with van der Waals surface area (Å²) >= 11 is 0. The summed E-state index contributed by atoms with van der Waals surface area (Å²) < 4.78 is 63.3. The Kier molecular flexibility index (Phi) is 5.66. The summed E-state index contributed by atoms with van der Waals surface area (Å²) in [6.45, 7) is -1.06. The van der Waals surface area contributed by atoms with Gasteiger partial charge in [-0.3, -0.25) is 9.10 Å². The summed E-state index contributed by atoms with van der Waals surface area (Å²) in [6, 6.07) is 5.74. The minimum Gasteiger partial charge on any atom is -0.493 e. The Bertz CT molecular complexity index is 932. The highest BCUT2D eigenvalue weighted by Gasteiger charge is 2.30. The molecule has 0 bridgehead atoms. The maximum atomic E-state index is 14.1. The highest BCUT2D eigenvalue weighted by Crippen LogP contribution is 2.33. The fraction of sp³-hybridized carbons (Fsp3) is 0.188. The lowest BCUT2D eigenvalue weighted by Crippen LogP contribution is -2.36. The van der Waals surface area contributed by atoms with Crippen molar-refractivity contribution in [2.45, 2.75) is 4.90 Å². The second-order valence-corrected chi connectivity index (χ2v) is 6.88. The van der Waals surface area contributed by atoms with Gasteiger partial charge in [-0.05, 0) is 24.3 Å². The van der Waals surface area contributed by atoms with Gasteiger partial charge in [-0.2, -0.15) is 0 Å². The number of hydrogen-bond acceptors (Lipinski definition) is 5. The number of hydrogen-bond donors (Lipinski definition) is 1. The molecular weight excluding hydrogens is 372 g/mol. The van der Waals surface area contributed by atoms with Crippen molar-refractivity contribution in [1.82, 2.24) is 0 Å². The number of halogens is 2. The van der Waals surface area contributed by atoms with Gasteiger partial charge in [0.05, 0.1) is 24.8 Å². The zero-order chi connectivity index (χ0) is 19.5. The van der Waals surface area contributed by atoms with Gasteiger partial charge >= 0.3 is 5.97 Å². The number of aliphatic carboxylic acids is 1. The molecule has 0 radical (unpaired) electrons. The van der Waals surface area contributed by atoms with Gasteiger partial charge in [-0.15, -0.1) is 0 Å². The first-order chi connectivity index (χ1) is 12.2. The number of carboxylic acids is 1. The fourth-order valence-electron chi connectivity index (χ4n) is 2.21. The predicted molar refractivity (Wildman–Crippen MR) is 88.1 cm³/mol. The van der Waals surface area contributed by atoms with Crippen LogP contribution in [0.3, 0.4) is 0 Å². The summed E-state index contributed by atoms with van der Waals surface area (Å²) in [5, 5.41) is 9.04. The lowest BCUT2D eigenvalue weighted by atomic mass is 10.3. The van der Waals surface area contributed by atoms with Gasteiger partial charge in [0, 0.05) is 12.1 Å². The van der Waals surface area contributed by atoms with Crippen molar-refractivity contribution >= 4 is 21.7 Å². The van der Waals surface area contributed by atoms with Crippen molar-refractivity contribution in [3.8, 4) is 11.5 Å². The first-order valence-corrected chi connectivity index (χ1v) is 8.56. The van der Waals surface area contributed by atoms with E-state index in [1.807, 2.05) is 0 Å². The first kappa shape index (κ1) is 19.4. The number of sulfonamides is 1. The van der Waals surface area contributed by atoms with Gasteiger partial charge in [0.25, 0.3) is 10.0 Å². The molecule has 7 nitrogen and oxygen atoms in total. The lowest BCUT2D eigenvalue weighted by Gasteiger charge is -2.23. The van der Waals surface area contributed by atoms with E-state index in [0.29, 0.717) is 10.4 Å². The monoisotopic (exact) mass is 387 g/mol. The highest BCUT2D eigenvalue weighted by molar-refractivity contribution is 7.92. The summed E-state index contributed by atoms with van der Waals surface area (Å²) in [7, 11) is -1.84. The van der Waals surface area contributed by atoms with Crippen LogP contribution >= 0.6 is 0 Å². The van der Waals surface area contributed by atoms with E-state index in [0.717, 1.165) is 24.3 Å². The SMILES string of the molecule is COc1ccc(S(=O)(=O)N(CC(=O)O)c2ccc(F)cc2F)cc1OC. The van der Waals surface area contributed by atoms with Crippen LogP contribution in [0.25, 0.3) is 0 Å². The molecule has 0 saturated carbocycles. The molecule has 140 valence electrons. The van der Waals surface area contributed by atoms with E-state index in [4.69, 9.17) is 14.6 Å². The molecule has 2 aromatic rings. The second kappa shape index (κ2) is 7.56. The number of nitrogens with zero attached hydrogens (tertiary/aromatic N) is 1. The van der Waals surface area contributed by atoms with Crippen LogP contribution in [0.2, 0.25) is 0 Å². The largest absolute Gasteiger partial charge is 0.493 e. The van der Waals surface area contributed by atoms with Crippen molar-refractivity contribution in [3.05, 3.63) is 48.0 Å². The van der Waals surface area contributed by atoms with Gasteiger partial charge in [0.2, 0.25) is 0 Å². The Balaban J connectivity index is 2.61. The quantitative estimate of drug-likeness (QED) is 0.783. The average Bonchev–Trinajstić information content (AvgIpc) is 2.59. The molecule has 0 heterocycles. The highest BCUT2D eigenvalue weighted by atomic mass is 32.2. The summed E-state index contributed by atoms with van der Waals surface area (Å²) in [6.07, 6.45) is 0. The summed E-state index contributed by atoms with van der Waals surface area (Å²) in [5.41, 5.74) is -0.594. The Morgan fingerprint density at radius 3 is 2.27 bits per heavy atom. The topological polar surface area (TPSA) is 93.1 Å². The van der Waals surface area contributed by atoms with Gasteiger partial charge in [-0.1, -0.05) is 0 Å². The van der Waals surface area contributed by atoms with Gasteiger partial charge < -0.3 is 14.6 Å². The molecule has 2 aromatic carbocycles. The van der Waals surface area contributed by atoms with Crippen LogP contribution in [-0.4, -0.2) is 40.3 Å². The first-order valence-electron chi connectivity index (χ1n) is 7.12. The maximum Gasteiger partial charge on any atom is 0.324 e. The number of carboxylic acid groups (broad SMARTS) is 1. The number of anilines is 1. The van der Waals surface area contributed by atoms with Crippen molar-refractivity contribution in [1.29, 1.82) is 0 Å². The fourth-order valence-corrected chi connectivity index (χ4v) is 3.65. The van der Waals surface area contributed by atoms with Crippen LogP contribution in [0, 0.1) is 11.6 Å². The summed E-state index contributed by atoms with van der Waals surface area (Å²) in [4.78, 5) is 10.8. The van der Waals surface area contributed by atoms with Crippen LogP contribution < -0.4 is 13.8 Å². The van der Waals surface area contributed by atoms with Crippen LogP contribution in [0.1, 0.15) is 0 Å². The molecule has 0 unspecified atom stereocenters. The normalized spacial score (nSPS) is 11.1. The third-order valence-corrected chi connectivity index (χ3v) is 5.16. The molecule has 0 amide bonds. The van der Waals surface area contributed by atoms with Crippen LogP contribution in [-0.2, 0) is 14.8 Å². The van der Waals surface area contributed by atoms with E-state index in [2.05, 4.69) is 0 Å². The Morgan fingerprint density at radius 1 is 1.08 bits per heavy atom. The molecule has 0 spiro atoms. The van der Waals surface area contributed by atoms with Gasteiger partial charge in [0.15, 0.2) is 11.5 Å². The predicted octanol–water partition coefficient (Wildman–Crippen LogP) is 2.26. The van der Waals surface area contributed by atoms with Crippen molar-refractivity contribution in [2.24, 2.45) is 0 Å². The number of rotatable bonds is 7. The molecule has 0 aliphatic carbocycles. The molecule has 0 aliphatic heterocycles. The summed E-state index contributed by atoms with van der Waals surface area (Å²) in [5.74, 6) is -3.31. The average molecular weight is 387 g/mol. The Labute approximate surface area is 148 Å². The number of carbonyl (C=O) groups is 1. The van der Waals surface area contributed by atoms with Crippen LogP contribution in [0.4, 0.5) is 14.5 Å². The minimum absolute atomic E-state index is 0.0865. The molecule has 0 saturated heterocycles. The zero-order valence-electron chi connectivity index (χ0n) is 13.8. The van der Waals surface area contributed by atoms with Crippen molar-refractivity contribution in [2.75, 3.05) is 25.1 Å². The molecule has 10 heteroatoms. The molecule has 2 rings (SSSR count). The molecular formula is C16H15F2NO6S. The second-order valence-electron chi connectivity index (χ2n) is 5.02. The smallest absolute Gasteiger partial charge is 0.324 e. The molecule has 0 fully saturated rings. The van der Waals surface area contributed by atoms with Gasteiger partial charge in [0.1, 0.15) is 18.2 Å². The Morgan fingerprint density at radius 2 is 1.73 bits per heavy atom. The number of ether oxygens (including phenoxy) is 2. The maximum absolute atomic E-state index is 14.1. The van der Waals surface area contributed by atoms with E-state index in [1.54, 1.807) is 0 Å². The molecule has 0 atom stereocenters. The third-order valence-electron chi connectivity index (χ3n) is 3.40. The third kappa shape index (κ3) is 3.85. The zero-order valence-corrected chi connectivity index (χ0v) is 14.6. The van der Waals surface area contributed by atoms with Gasteiger partial charge in [-0.25, -0.2) is 17.2 Å². The van der Waals surface area contributed by atoms with E-state index in [-0.39, 0.29) is 16.4 Å². The molecule has 1 N–H and O–H groups in total. The standard InChI is InChI=1S/C16H15F2NO6S/c1-24-14-6-4-11(8-15(14)25-2)26(22,23)19(9-16(20)21)13-5-3-10(17)7-12(13)18/h3-8H,9H2,1-2H3,(H,20,21).